The Labute approximate surface area is 644 Å². The highest BCUT2D eigenvalue weighted by molar-refractivity contribution is 7.47. The van der Waals surface area contributed by atoms with Crippen LogP contribution in [0.25, 0.3) is 0 Å². The van der Waals surface area contributed by atoms with Crippen molar-refractivity contribution in [3.63, 3.8) is 0 Å². The molecule has 0 radical (unpaired) electrons. The van der Waals surface area contributed by atoms with E-state index in [9.17, 15) is 43.2 Å². The first-order chi connectivity index (χ1) is 51.7. The number of hydrogen-bond acceptors (Lipinski definition) is 15. The first-order valence-corrected chi connectivity index (χ1v) is 44.4. The summed E-state index contributed by atoms with van der Waals surface area (Å²) in [5.41, 5.74) is 0. The highest BCUT2D eigenvalue weighted by atomic mass is 31.2. The van der Waals surface area contributed by atoms with Gasteiger partial charge in [0.1, 0.15) is 19.3 Å². The van der Waals surface area contributed by atoms with E-state index in [0.717, 1.165) is 154 Å². The van der Waals surface area contributed by atoms with E-state index in [2.05, 4.69) is 149 Å². The van der Waals surface area contributed by atoms with Crippen molar-refractivity contribution < 1.29 is 80.2 Å². The van der Waals surface area contributed by atoms with Crippen molar-refractivity contribution in [2.24, 2.45) is 0 Å². The molecular weight excluding hydrogens is 1380 g/mol. The molecule has 0 saturated heterocycles. The number of esters is 4. The van der Waals surface area contributed by atoms with Gasteiger partial charge in [0.25, 0.3) is 0 Å². The zero-order valence-corrected chi connectivity index (χ0v) is 68.4. The molecule has 106 heavy (non-hydrogen) atoms. The number of phosphoric acid groups is 2. The Bertz CT molecular complexity index is 2530. The van der Waals surface area contributed by atoms with E-state index in [1.807, 2.05) is 12.2 Å². The molecule has 17 nitrogen and oxygen atoms in total. The maximum atomic E-state index is 13.1. The van der Waals surface area contributed by atoms with Gasteiger partial charge >= 0.3 is 39.5 Å². The summed E-state index contributed by atoms with van der Waals surface area (Å²) in [7, 11) is -10.00. The predicted molar refractivity (Wildman–Crippen MR) is 436 cm³/mol. The van der Waals surface area contributed by atoms with E-state index in [1.165, 1.54) is 96.3 Å². The fraction of sp³-hybridized carbons (Fsp3) is 0.701. The average Bonchev–Trinajstić information content (AvgIpc) is 0.908. The Morgan fingerprint density at radius 3 is 0.830 bits per heavy atom. The molecule has 0 saturated carbocycles. The lowest BCUT2D eigenvalue weighted by Crippen LogP contribution is -2.30. The molecule has 0 aromatic rings. The van der Waals surface area contributed by atoms with Crippen molar-refractivity contribution in [3.05, 3.63) is 134 Å². The third-order valence-corrected chi connectivity index (χ3v) is 19.0. The smallest absolute Gasteiger partial charge is 0.462 e. The summed E-state index contributed by atoms with van der Waals surface area (Å²) in [6.45, 7) is 4.63. The van der Waals surface area contributed by atoms with Crippen LogP contribution in [0.4, 0.5) is 0 Å². The summed E-state index contributed by atoms with van der Waals surface area (Å²) >= 11 is 0. The van der Waals surface area contributed by atoms with Crippen LogP contribution in [0.3, 0.4) is 0 Å². The molecule has 0 aliphatic carbocycles. The molecule has 608 valence electrons. The van der Waals surface area contributed by atoms with Crippen LogP contribution in [0.5, 0.6) is 0 Å². The summed E-state index contributed by atoms with van der Waals surface area (Å²) in [4.78, 5) is 73.1. The van der Waals surface area contributed by atoms with Gasteiger partial charge in [-0.2, -0.15) is 0 Å². The number of carbonyl (C=O) groups is 4. The minimum atomic E-state index is -5.00. The highest BCUT2D eigenvalue weighted by Crippen LogP contribution is 2.45. The van der Waals surface area contributed by atoms with Crippen LogP contribution in [0.15, 0.2) is 134 Å². The van der Waals surface area contributed by atoms with Gasteiger partial charge in [-0.15, -0.1) is 0 Å². The van der Waals surface area contributed by atoms with Crippen LogP contribution in [0, 0.1) is 0 Å². The lowest BCUT2D eigenvalue weighted by molar-refractivity contribution is -0.161. The van der Waals surface area contributed by atoms with Crippen molar-refractivity contribution in [2.45, 2.75) is 354 Å². The number of carbonyl (C=O) groups excluding carboxylic acids is 4. The topological polar surface area (TPSA) is 237 Å². The fourth-order valence-corrected chi connectivity index (χ4v) is 12.3. The molecule has 0 amide bonds. The van der Waals surface area contributed by atoms with Crippen molar-refractivity contribution in [3.8, 4) is 0 Å². The van der Waals surface area contributed by atoms with Gasteiger partial charge in [-0.25, -0.2) is 9.13 Å². The van der Waals surface area contributed by atoms with Gasteiger partial charge in [0, 0.05) is 25.7 Å². The molecule has 0 aliphatic rings. The van der Waals surface area contributed by atoms with Crippen LogP contribution < -0.4 is 0 Å². The Hall–Kier alpha value is -4.80. The maximum absolute atomic E-state index is 13.1. The van der Waals surface area contributed by atoms with Gasteiger partial charge in [-0.3, -0.25) is 37.3 Å². The van der Waals surface area contributed by atoms with E-state index >= 15 is 0 Å². The Balaban J connectivity index is 5.46. The molecule has 0 spiro atoms. The number of aliphatic hydroxyl groups is 1. The SMILES string of the molecule is CC/C=C\C/C=C\C/C=C\C/C=C\C/C=C\CCCCCC(=O)O[C@H](COC(=O)CCCCCCC/C=C\CCCCCCCC)COP(=O)(O)OC[C@H](O)COP(=O)(O)OC[C@@H](COC(=O)CCC/C=C\C/C=C\C/C=C\C/C=C\CCCCC)OC(=O)CCCCCCC/C=C\CCCCCCCC. The summed E-state index contributed by atoms with van der Waals surface area (Å²) in [6, 6.07) is 0. The zero-order chi connectivity index (χ0) is 77.4. The van der Waals surface area contributed by atoms with Crippen LogP contribution in [0.1, 0.15) is 336 Å². The maximum Gasteiger partial charge on any atom is 0.472 e. The van der Waals surface area contributed by atoms with Gasteiger partial charge in [0.05, 0.1) is 26.4 Å². The second kappa shape index (κ2) is 78.3. The van der Waals surface area contributed by atoms with Crippen LogP contribution in [0.2, 0.25) is 0 Å². The number of ether oxygens (including phenoxy) is 4. The van der Waals surface area contributed by atoms with Gasteiger partial charge in [0.2, 0.25) is 0 Å². The van der Waals surface area contributed by atoms with E-state index in [0.29, 0.717) is 32.1 Å². The van der Waals surface area contributed by atoms with Gasteiger partial charge in [-0.1, -0.05) is 283 Å². The van der Waals surface area contributed by atoms with E-state index < -0.39 is 97.5 Å². The second-order valence-electron chi connectivity index (χ2n) is 27.3. The Kier molecular flexibility index (Phi) is 74.8. The van der Waals surface area contributed by atoms with Gasteiger partial charge in [0.15, 0.2) is 12.2 Å². The first kappa shape index (κ1) is 101. The molecule has 3 N–H and O–H groups in total. The predicted octanol–water partition coefficient (Wildman–Crippen LogP) is 24.4. The quantitative estimate of drug-likeness (QED) is 0.0169. The van der Waals surface area contributed by atoms with Gasteiger partial charge in [-0.05, 0) is 161 Å². The number of unbranched alkanes of at least 4 members (excludes halogenated alkanes) is 29. The standard InChI is InChI=1S/C87H148O17P2/c1-5-9-13-17-21-25-29-33-37-39-40-42-46-50-54-58-62-66-70-74-87(92)104-83(77-97-84(89)71-67-63-59-55-51-47-43-35-31-27-23-19-15-11-7-3)80-102-106(95,96)100-76-81(88)75-99-105(93,94)101-79-82(103-86(91)73-69-65-61-57-53-49-44-36-32-28-24-20-16-12-8-4)78-98-85(90)72-68-64-60-56-52-48-45-41-38-34-30-26-22-18-14-10-6-2/h9,13,21-22,25-26,33-38,40,42-45,48,50,54,56,60,81-83,88H,5-8,10-12,14-20,23-24,27-32,39,41,46-47,49,51-53,55,57-59,61-80H2,1-4H3,(H,93,94)(H,95,96)/b13-9-,25-21-,26-22-,37-33-,38-34-,42-40-,43-35-,44-36-,48-45-,54-50-,60-56-/t81-,82-,83-/m1/s1. The average molecular weight is 1530 g/mol. The van der Waals surface area contributed by atoms with E-state index in [1.54, 1.807) is 0 Å². The molecule has 0 rings (SSSR count). The normalized spacial score (nSPS) is 14.5. The molecule has 0 aromatic carbocycles. The molecule has 2 unspecified atom stereocenters. The molecular formula is C87H148O17P2. The minimum Gasteiger partial charge on any atom is -0.462 e. The molecule has 0 aromatic heterocycles. The number of aliphatic hydroxyl groups excluding tert-OH is 1. The van der Waals surface area contributed by atoms with Crippen LogP contribution >= 0.6 is 15.6 Å². The number of hydrogen-bond donors (Lipinski definition) is 3. The van der Waals surface area contributed by atoms with E-state index in [-0.39, 0.29) is 25.7 Å². The largest absolute Gasteiger partial charge is 0.472 e. The third-order valence-electron chi connectivity index (χ3n) is 17.1. The Morgan fingerprint density at radius 1 is 0.274 bits per heavy atom. The number of phosphoric ester groups is 2. The van der Waals surface area contributed by atoms with Crippen LogP contribution in [-0.2, 0) is 65.4 Å². The second-order valence-corrected chi connectivity index (χ2v) is 30.2. The third kappa shape index (κ3) is 77.4. The summed E-state index contributed by atoms with van der Waals surface area (Å²) in [6.07, 6.45) is 88.6. The minimum absolute atomic E-state index is 0.0502. The lowest BCUT2D eigenvalue weighted by atomic mass is 10.1. The number of rotatable bonds is 77. The molecule has 0 bridgehead atoms. The number of allylic oxidation sites excluding steroid dienone is 22. The lowest BCUT2D eigenvalue weighted by Gasteiger charge is -2.21. The monoisotopic (exact) mass is 1530 g/mol. The fourth-order valence-electron chi connectivity index (χ4n) is 10.8. The molecule has 0 fully saturated rings. The summed E-state index contributed by atoms with van der Waals surface area (Å²) in [5.74, 6) is -2.29. The van der Waals surface area contributed by atoms with Crippen molar-refractivity contribution in [1.82, 2.24) is 0 Å². The molecule has 5 atom stereocenters. The molecule has 0 aliphatic heterocycles. The van der Waals surface area contributed by atoms with Gasteiger partial charge < -0.3 is 33.8 Å². The summed E-state index contributed by atoms with van der Waals surface area (Å²) in [5, 5.41) is 10.7. The molecule has 0 heterocycles. The van der Waals surface area contributed by atoms with Crippen molar-refractivity contribution >= 4 is 39.5 Å². The van der Waals surface area contributed by atoms with Crippen molar-refractivity contribution in [2.75, 3.05) is 39.6 Å². The van der Waals surface area contributed by atoms with Crippen LogP contribution in [-0.4, -0.2) is 96.7 Å². The Morgan fingerprint density at radius 2 is 0.500 bits per heavy atom. The summed E-state index contributed by atoms with van der Waals surface area (Å²) < 4.78 is 68.6. The van der Waals surface area contributed by atoms with Crippen molar-refractivity contribution in [1.29, 1.82) is 0 Å². The highest BCUT2D eigenvalue weighted by Gasteiger charge is 2.30. The molecule has 19 heteroatoms. The van der Waals surface area contributed by atoms with E-state index in [4.69, 9.17) is 37.0 Å². The first-order valence-electron chi connectivity index (χ1n) is 41.4. The zero-order valence-electron chi connectivity index (χ0n) is 66.6.